The van der Waals surface area contributed by atoms with Crippen LogP contribution in [0.25, 0.3) is 0 Å². The van der Waals surface area contributed by atoms with Crippen LogP contribution in [0.5, 0.6) is 0 Å². The lowest BCUT2D eigenvalue weighted by Gasteiger charge is -2.49. The number of carbonyl (C=O) groups is 3. The highest BCUT2D eigenvalue weighted by molar-refractivity contribution is 6.77. The molecule has 0 amide bonds. The van der Waals surface area contributed by atoms with Gasteiger partial charge in [0.1, 0.15) is 18.3 Å². The SMILES string of the molecule is C=CCOC(=O)CCCCCCCCCCCCCCCOC(=O)[C@@H]1[C@H]2CC[C@@H](CC(=O)CC/C=C/[C@H](CC)O[Si](C(C)C)(C(C)C)C(C)C)N2C(OC)=N[C@@]12CCC[C@@H](C)O2. The first-order chi connectivity index (χ1) is 29.8. The van der Waals surface area contributed by atoms with Gasteiger partial charge in [-0.2, -0.15) is 4.99 Å². The number of amidine groups is 1. The van der Waals surface area contributed by atoms with Gasteiger partial charge in [-0.05, 0) is 81.3 Å². The van der Waals surface area contributed by atoms with E-state index in [0.29, 0.717) is 68.0 Å². The molecule has 1 spiro atoms. The minimum absolute atomic E-state index is 0.0201. The van der Waals surface area contributed by atoms with Gasteiger partial charge in [-0.25, -0.2) is 0 Å². The van der Waals surface area contributed by atoms with Gasteiger partial charge in [-0.3, -0.25) is 14.4 Å². The van der Waals surface area contributed by atoms with Crippen molar-refractivity contribution in [3.8, 4) is 0 Å². The molecule has 3 rings (SSSR count). The number of ketones is 1. The minimum Gasteiger partial charge on any atom is -0.468 e. The van der Waals surface area contributed by atoms with Crippen LogP contribution in [0, 0.1) is 5.92 Å². The summed E-state index contributed by atoms with van der Waals surface area (Å²) in [6.07, 6.45) is 28.0. The van der Waals surface area contributed by atoms with Gasteiger partial charge in [0.05, 0.1) is 32.0 Å². The molecular formula is C51H90N2O8Si. The van der Waals surface area contributed by atoms with E-state index in [0.717, 1.165) is 64.2 Å². The number of esters is 2. The van der Waals surface area contributed by atoms with Crippen molar-refractivity contribution in [3.05, 3.63) is 24.8 Å². The van der Waals surface area contributed by atoms with Crippen molar-refractivity contribution in [2.24, 2.45) is 10.9 Å². The van der Waals surface area contributed by atoms with E-state index in [4.69, 9.17) is 28.4 Å². The van der Waals surface area contributed by atoms with Gasteiger partial charge in [-0.15, -0.1) is 0 Å². The molecule has 356 valence electrons. The molecule has 3 aliphatic rings. The number of aliphatic imine (C=N–C) groups is 1. The molecule has 6 atom stereocenters. The second-order valence-electron chi connectivity index (χ2n) is 19.5. The van der Waals surface area contributed by atoms with Gasteiger partial charge in [0, 0.05) is 25.3 Å². The number of hydrogen-bond donors (Lipinski definition) is 0. The van der Waals surface area contributed by atoms with Crippen molar-refractivity contribution >= 4 is 32.1 Å². The van der Waals surface area contributed by atoms with Crippen molar-refractivity contribution in [2.75, 3.05) is 20.3 Å². The van der Waals surface area contributed by atoms with Crippen LogP contribution in [0.1, 0.15) is 203 Å². The highest BCUT2D eigenvalue weighted by Gasteiger charge is 2.59. The Morgan fingerprint density at radius 2 is 1.45 bits per heavy atom. The number of carbonyl (C=O) groups excluding carboxylic acids is 3. The second-order valence-corrected chi connectivity index (χ2v) is 24.9. The molecule has 0 bridgehead atoms. The summed E-state index contributed by atoms with van der Waals surface area (Å²) < 4.78 is 30.7. The number of unbranched alkanes of at least 4 members (excludes halogenated alkanes) is 12. The lowest BCUT2D eigenvalue weighted by Crippen LogP contribution is -2.62. The number of ether oxygens (including phenoxy) is 4. The quantitative estimate of drug-likeness (QED) is 0.0291. The minimum atomic E-state index is -2.00. The Morgan fingerprint density at radius 1 is 0.855 bits per heavy atom. The highest BCUT2D eigenvalue weighted by Crippen LogP contribution is 2.48. The summed E-state index contributed by atoms with van der Waals surface area (Å²) >= 11 is 0. The van der Waals surface area contributed by atoms with Gasteiger partial charge in [0.25, 0.3) is 6.02 Å². The monoisotopic (exact) mass is 887 g/mol. The molecule has 0 aromatic rings. The Bertz CT molecular complexity index is 1380. The third-order valence-corrected chi connectivity index (χ3v) is 20.0. The van der Waals surface area contributed by atoms with Crippen LogP contribution >= 0.6 is 0 Å². The first-order valence-electron chi connectivity index (χ1n) is 25.1. The van der Waals surface area contributed by atoms with Crippen molar-refractivity contribution in [2.45, 2.75) is 250 Å². The third-order valence-electron chi connectivity index (χ3n) is 13.9. The van der Waals surface area contributed by atoms with Gasteiger partial charge in [0.2, 0.25) is 8.32 Å². The molecule has 0 aromatic heterocycles. The van der Waals surface area contributed by atoms with E-state index in [2.05, 4.69) is 79.0 Å². The van der Waals surface area contributed by atoms with Crippen LogP contribution in [0.15, 0.2) is 29.8 Å². The zero-order chi connectivity index (χ0) is 45.5. The van der Waals surface area contributed by atoms with E-state index in [9.17, 15) is 14.4 Å². The molecule has 0 aliphatic carbocycles. The van der Waals surface area contributed by atoms with Crippen molar-refractivity contribution in [1.29, 1.82) is 0 Å². The van der Waals surface area contributed by atoms with Crippen LogP contribution in [0.3, 0.4) is 0 Å². The normalized spacial score (nSPS) is 23.3. The maximum absolute atomic E-state index is 14.1. The van der Waals surface area contributed by atoms with E-state index in [1.165, 1.54) is 51.4 Å². The second kappa shape index (κ2) is 28.4. The Morgan fingerprint density at radius 3 is 2.00 bits per heavy atom. The largest absolute Gasteiger partial charge is 0.468 e. The average Bonchev–Trinajstić information content (AvgIpc) is 3.63. The zero-order valence-electron chi connectivity index (χ0n) is 40.9. The molecule has 2 fully saturated rings. The van der Waals surface area contributed by atoms with Crippen molar-refractivity contribution < 1.29 is 37.8 Å². The fourth-order valence-electron chi connectivity index (χ4n) is 10.8. The number of nitrogens with zero attached hydrogens (tertiary/aromatic N) is 2. The lowest BCUT2D eigenvalue weighted by molar-refractivity contribution is -0.192. The summed E-state index contributed by atoms with van der Waals surface area (Å²) in [4.78, 5) is 46.5. The highest BCUT2D eigenvalue weighted by atomic mass is 28.4. The molecule has 3 aliphatic heterocycles. The van der Waals surface area contributed by atoms with Gasteiger partial charge in [-0.1, -0.05) is 144 Å². The maximum atomic E-state index is 14.1. The van der Waals surface area contributed by atoms with E-state index in [-0.39, 0.29) is 42.0 Å². The Kier molecular flexibility index (Phi) is 24.7. The number of rotatable bonds is 31. The zero-order valence-corrected chi connectivity index (χ0v) is 41.9. The van der Waals surface area contributed by atoms with Gasteiger partial charge < -0.3 is 28.3 Å². The van der Waals surface area contributed by atoms with Crippen LogP contribution in [-0.2, 0) is 37.8 Å². The van der Waals surface area contributed by atoms with Crippen molar-refractivity contribution in [1.82, 2.24) is 4.90 Å². The molecule has 0 N–H and O–H groups in total. The molecule has 62 heavy (non-hydrogen) atoms. The average molecular weight is 887 g/mol. The van der Waals surface area contributed by atoms with Crippen LogP contribution in [-0.4, -0.2) is 87.3 Å². The van der Waals surface area contributed by atoms with E-state index in [1.807, 2.05) is 0 Å². The van der Waals surface area contributed by atoms with Crippen molar-refractivity contribution in [3.63, 3.8) is 0 Å². The van der Waals surface area contributed by atoms with Gasteiger partial charge in [0.15, 0.2) is 5.72 Å². The third kappa shape index (κ3) is 16.2. The van der Waals surface area contributed by atoms with Gasteiger partial charge >= 0.3 is 11.9 Å². The Balaban J connectivity index is 1.45. The Labute approximate surface area is 379 Å². The standard InChI is InChI=1S/C51H90N2O8Si/c1-11-36-58-47(55)32-24-22-20-18-16-14-13-15-17-19-21-23-27-37-59-49(56)48-46-34-33-43(53(46)50(57-10)52-51(48)35-28-29-42(9)60-51)38-44(54)30-25-26-31-45(12-2)61-62(39(3)4,40(5)6)41(7)8/h11,26,31,39-43,45-46,48H,1,12-25,27-30,32-38H2,2-10H3/b31-26+/t42-,43+,45+,46-,48+,51-/m1/s1. The molecule has 0 unspecified atom stereocenters. The predicted octanol–water partition coefficient (Wildman–Crippen LogP) is 12.7. The topological polar surface area (TPSA) is 113 Å². The first-order valence-corrected chi connectivity index (χ1v) is 27.3. The van der Waals surface area contributed by atoms with Crippen LogP contribution in [0.2, 0.25) is 16.6 Å². The molecule has 10 nitrogen and oxygen atoms in total. The number of allylic oxidation sites excluding steroid dienone is 1. The predicted molar refractivity (Wildman–Crippen MR) is 255 cm³/mol. The van der Waals surface area contributed by atoms with E-state index >= 15 is 0 Å². The number of hydrogen-bond acceptors (Lipinski definition) is 10. The fourth-order valence-corrected chi connectivity index (χ4v) is 16.4. The molecule has 0 aromatic carbocycles. The summed E-state index contributed by atoms with van der Waals surface area (Å²) in [5, 5.41) is 0. The van der Waals surface area contributed by atoms with E-state index in [1.54, 1.807) is 13.2 Å². The molecule has 0 radical (unpaired) electrons. The molecule has 2 saturated heterocycles. The fraction of sp³-hybridized carbons (Fsp3) is 0.843. The summed E-state index contributed by atoms with van der Waals surface area (Å²) in [6, 6.07) is 0.211. The van der Waals surface area contributed by atoms with Crippen LogP contribution < -0.4 is 0 Å². The maximum Gasteiger partial charge on any atom is 0.316 e. The number of methoxy groups -OCH3 is 1. The lowest BCUT2D eigenvalue weighted by atomic mass is 9.80. The number of Topliss-reactive ketones (excluding diaryl/α,β-unsaturated/α-hetero) is 1. The molecule has 0 saturated carbocycles. The first kappa shape index (κ1) is 53.8. The number of fused-ring (bicyclic) bond motifs is 1. The molecule has 11 heteroatoms. The molecule has 3 heterocycles. The Hall–Kier alpha value is -2.50. The summed E-state index contributed by atoms with van der Waals surface area (Å²) in [5.41, 5.74) is 0.563. The van der Waals surface area contributed by atoms with E-state index < -0.39 is 20.0 Å². The van der Waals surface area contributed by atoms with Crippen LogP contribution in [0.4, 0.5) is 0 Å². The smallest absolute Gasteiger partial charge is 0.316 e. The summed E-state index contributed by atoms with van der Waals surface area (Å²) in [5.74, 6) is -0.708. The molecular weight excluding hydrogens is 797 g/mol. The summed E-state index contributed by atoms with van der Waals surface area (Å²) in [7, 11) is -0.367. The summed E-state index contributed by atoms with van der Waals surface area (Å²) in [6.45, 7) is 22.4.